The number of H-pyrrole nitrogens is 1. The molecule has 3 aromatic rings. The van der Waals surface area contributed by atoms with Gasteiger partial charge in [-0.3, -0.25) is 9.89 Å². The fourth-order valence-corrected chi connectivity index (χ4v) is 3.52. The summed E-state index contributed by atoms with van der Waals surface area (Å²) in [4.78, 5) is 16.9. The zero-order valence-corrected chi connectivity index (χ0v) is 14.6. The van der Waals surface area contributed by atoms with Crippen LogP contribution >= 0.6 is 35.0 Å². The molecule has 1 atom stereocenters. The van der Waals surface area contributed by atoms with Gasteiger partial charge in [-0.25, -0.2) is 4.98 Å². The lowest BCUT2D eigenvalue weighted by Crippen LogP contribution is -2.19. The molecule has 1 aromatic heterocycles. The number of thioether (sulfide) groups is 1. The molecule has 0 aliphatic carbocycles. The summed E-state index contributed by atoms with van der Waals surface area (Å²) in [6, 6.07) is 14.3. The Balaban J connectivity index is 1.85. The second kappa shape index (κ2) is 7.70. The molecule has 8 heteroatoms. The van der Waals surface area contributed by atoms with Crippen LogP contribution in [0.25, 0.3) is 0 Å². The number of anilines is 1. The van der Waals surface area contributed by atoms with Gasteiger partial charge in [0.2, 0.25) is 5.91 Å². The molecule has 0 saturated heterocycles. The van der Waals surface area contributed by atoms with E-state index in [2.05, 4.69) is 20.5 Å². The Kier molecular flexibility index (Phi) is 5.40. The maximum absolute atomic E-state index is 12.8. The van der Waals surface area contributed by atoms with Gasteiger partial charge < -0.3 is 5.32 Å². The zero-order valence-electron chi connectivity index (χ0n) is 12.2. The standard InChI is InChI=1S/C16H12Cl2N4OS/c17-11-6-12(18)8-13(7-11)21-15(23)14(10-4-2-1-3-5-10)24-16-19-9-20-22-16/h1-9,14H,(H,21,23)(H,19,20,22). The third-order valence-corrected chi connectivity index (χ3v) is 4.67. The molecule has 5 nitrogen and oxygen atoms in total. The van der Waals surface area contributed by atoms with Crippen LogP contribution in [-0.4, -0.2) is 21.1 Å². The monoisotopic (exact) mass is 378 g/mol. The second-order valence-electron chi connectivity index (χ2n) is 4.85. The van der Waals surface area contributed by atoms with Crippen molar-refractivity contribution in [3.05, 3.63) is 70.5 Å². The number of nitrogens with zero attached hydrogens (tertiary/aromatic N) is 2. The number of nitrogens with one attached hydrogen (secondary N) is 2. The third kappa shape index (κ3) is 4.29. The number of halogens is 2. The molecule has 2 aromatic carbocycles. The number of carbonyl (C=O) groups is 1. The number of carbonyl (C=O) groups excluding carboxylic acids is 1. The van der Waals surface area contributed by atoms with Crippen molar-refractivity contribution in [2.45, 2.75) is 10.4 Å². The van der Waals surface area contributed by atoms with E-state index in [0.717, 1.165) is 5.56 Å². The van der Waals surface area contributed by atoms with Gasteiger partial charge in [0.1, 0.15) is 11.6 Å². The maximum atomic E-state index is 12.8. The number of aromatic amines is 1. The van der Waals surface area contributed by atoms with E-state index in [1.54, 1.807) is 18.2 Å². The van der Waals surface area contributed by atoms with Crippen LogP contribution in [0.2, 0.25) is 10.0 Å². The smallest absolute Gasteiger partial charge is 0.242 e. The van der Waals surface area contributed by atoms with Crippen molar-refractivity contribution in [3.63, 3.8) is 0 Å². The van der Waals surface area contributed by atoms with Gasteiger partial charge in [0.15, 0.2) is 5.16 Å². The summed E-state index contributed by atoms with van der Waals surface area (Å²) in [5, 5.41) is 10.4. The molecule has 0 fully saturated rings. The molecule has 0 radical (unpaired) electrons. The number of rotatable bonds is 5. The topological polar surface area (TPSA) is 70.7 Å². The minimum atomic E-state index is -0.503. The van der Waals surface area contributed by atoms with E-state index < -0.39 is 5.25 Å². The van der Waals surface area contributed by atoms with Gasteiger partial charge in [-0.15, -0.1) is 0 Å². The van der Waals surface area contributed by atoms with Crippen LogP contribution in [-0.2, 0) is 4.79 Å². The summed E-state index contributed by atoms with van der Waals surface area (Å²) in [5.41, 5.74) is 1.39. The van der Waals surface area contributed by atoms with Gasteiger partial charge in [0.25, 0.3) is 0 Å². The van der Waals surface area contributed by atoms with Gasteiger partial charge in [-0.05, 0) is 23.8 Å². The first-order chi connectivity index (χ1) is 11.6. The van der Waals surface area contributed by atoms with E-state index in [1.807, 2.05) is 30.3 Å². The van der Waals surface area contributed by atoms with Crippen LogP contribution in [0.3, 0.4) is 0 Å². The van der Waals surface area contributed by atoms with Crippen molar-refractivity contribution in [2.24, 2.45) is 0 Å². The van der Waals surface area contributed by atoms with E-state index in [-0.39, 0.29) is 5.91 Å². The Morgan fingerprint density at radius 3 is 2.46 bits per heavy atom. The molecule has 1 amide bonds. The first kappa shape index (κ1) is 16.8. The number of hydrogen-bond acceptors (Lipinski definition) is 4. The van der Waals surface area contributed by atoms with Crippen LogP contribution in [0.4, 0.5) is 5.69 Å². The quantitative estimate of drug-likeness (QED) is 0.637. The molecule has 0 aliphatic heterocycles. The molecule has 24 heavy (non-hydrogen) atoms. The van der Waals surface area contributed by atoms with Crippen LogP contribution in [0.15, 0.2) is 60.0 Å². The molecular weight excluding hydrogens is 367 g/mol. The molecule has 1 unspecified atom stereocenters. The Hall–Kier alpha value is -2.02. The minimum absolute atomic E-state index is 0.207. The summed E-state index contributed by atoms with van der Waals surface area (Å²) in [6.45, 7) is 0. The number of benzene rings is 2. The van der Waals surface area contributed by atoms with E-state index in [4.69, 9.17) is 23.2 Å². The normalized spacial score (nSPS) is 11.9. The molecule has 0 aliphatic rings. The summed E-state index contributed by atoms with van der Waals surface area (Å²) >= 11 is 13.2. The lowest BCUT2D eigenvalue weighted by atomic mass is 10.1. The van der Waals surface area contributed by atoms with Gasteiger partial charge >= 0.3 is 0 Å². The van der Waals surface area contributed by atoms with E-state index in [9.17, 15) is 4.79 Å². The van der Waals surface area contributed by atoms with E-state index in [1.165, 1.54) is 18.1 Å². The van der Waals surface area contributed by atoms with Crippen molar-refractivity contribution in [3.8, 4) is 0 Å². The largest absolute Gasteiger partial charge is 0.325 e. The predicted molar refractivity (Wildman–Crippen MR) is 96.5 cm³/mol. The van der Waals surface area contributed by atoms with Gasteiger partial charge in [0, 0.05) is 15.7 Å². The molecule has 0 bridgehead atoms. The van der Waals surface area contributed by atoms with Crippen molar-refractivity contribution in [1.82, 2.24) is 15.2 Å². The summed E-state index contributed by atoms with van der Waals surface area (Å²) < 4.78 is 0. The Bertz CT molecular complexity index is 807. The van der Waals surface area contributed by atoms with Gasteiger partial charge in [-0.1, -0.05) is 65.3 Å². The van der Waals surface area contributed by atoms with Gasteiger partial charge in [0.05, 0.1) is 0 Å². The highest BCUT2D eigenvalue weighted by Crippen LogP contribution is 2.34. The average Bonchev–Trinajstić information content (AvgIpc) is 3.05. The Morgan fingerprint density at radius 1 is 1.12 bits per heavy atom. The summed E-state index contributed by atoms with van der Waals surface area (Å²) in [6.07, 6.45) is 1.40. The van der Waals surface area contributed by atoms with E-state index >= 15 is 0 Å². The van der Waals surface area contributed by atoms with Gasteiger partial charge in [-0.2, -0.15) is 5.10 Å². The van der Waals surface area contributed by atoms with Crippen molar-refractivity contribution in [1.29, 1.82) is 0 Å². The van der Waals surface area contributed by atoms with Crippen LogP contribution in [0.1, 0.15) is 10.8 Å². The molecule has 122 valence electrons. The highest BCUT2D eigenvalue weighted by atomic mass is 35.5. The lowest BCUT2D eigenvalue weighted by Gasteiger charge is -2.16. The predicted octanol–water partition coefficient (Wildman–Crippen LogP) is 4.58. The zero-order chi connectivity index (χ0) is 16.9. The van der Waals surface area contributed by atoms with Crippen molar-refractivity contribution in [2.75, 3.05) is 5.32 Å². The first-order valence-corrected chi connectivity index (χ1v) is 8.59. The SMILES string of the molecule is O=C(Nc1cc(Cl)cc(Cl)c1)C(Sc1ncn[nH]1)c1ccccc1. The number of aromatic nitrogens is 3. The highest BCUT2D eigenvalue weighted by molar-refractivity contribution is 8.00. The fraction of sp³-hybridized carbons (Fsp3) is 0.0625. The fourth-order valence-electron chi connectivity index (χ4n) is 2.10. The Morgan fingerprint density at radius 2 is 1.83 bits per heavy atom. The highest BCUT2D eigenvalue weighted by Gasteiger charge is 2.23. The van der Waals surface area contributed by atoms with Crippen molar-refractivity contribution < 1.29 is 4.79 Å². The molecular formula is C16H12Cl2N4OS. The maximum Gasteiger partial charge on any atom is 0.242 e. The molecule has 2 N–H and O–H groups in total. The average molecular weight is 379 g/mol. The third-order valence-electron chi connectivity index (χ3n) is 3.09. The van der Waals surface area contributed by atoms with Crippen LogP contribution in [0, 0.1) is 0 Å². The molecule has 3 rings (SSSR count). The molecule has 0 saturated carbocycles. The van der Waals surface area contributed by atoms with Crippen LogP contribution < -0.4 is 5.32 Å². The molecule has 1 heterocycles. The lowest BCUT2D eigenvalue weighted by molar-refractivity contribution is -0.115. The minimum Gasteiger partial charge on any atom is -0.325 e. The van der Waals surface area contributed by atoms with E-state index in [0.29, 0.717) is 20.9 Å². The Labute approximate surface area is 152 Å². The molecule has 0 spiro atoms. The number of amides is 1. The summed E-state index contributed by atoms with van der Waals surface area (Å²) in [5.74, 6) is -0.207. The first-order valence-electron chi connectivity index (χ1n) is 6.96. The summed E-state index contributed by atoms with van der Waals surface area (Å²) in [7, 11) is 0. The van der Waals surface area contributed by atoms with Crippen molar-refractivity contribution >= 4 is 46.6 Å². The second-order valence-corrected chi connectivity index (χ2v) is 6.81. The van der Waals surface area contributed by atoms with Crippen LogP contribution in [0.5, 0.6) is 0 Å². The number of hydrogen-bond donors (Lipinski definition) is 2.